The highest BCUT2D eigenvalue weighted by atomic mass is 16.5. The molecule has 1 atom stereocenters. The molecule has 1 N–H and O–H groups in total. The van der Waals surface area contributed by atoms with Crippen LogP contribution in [0.4, 0.5) is 0 Å². The van der Waals surface area contributed by atoms with Gasteiger partial charge in [-0.1, -0.05) is 0 Å². The van der Waals surface area contributed by atoms with Gasteiger partial charge in [-0.2, -0.15) is 0 Å². The Bertz CT molecular complexity index is 730. The number of hydrogen-bond acceptors (Lipinski definition) is 5. The average Bonchev–Trinajstić information content (AvgIpc) is 2.65. The van der Waals surface area contributed by atoms with Gasteiger partial charge in [0.05, 0.1) is 34.5 Å². The summed E-state index contributed by atoms with van der Waals surface area (Å²) in [5.41, 5.74) is 3.43. The number of benzene rings is 2. The summed E-state index contributed by atoms with van der Waals surface area (Å²) in [5, 5.41) is 3.56. The van der Waals surface area contributed by atoms with Crippen molar-refractivity contribution in [2.45, 2.75) is 12.5 Å². The van der Waals surface area contributed by atoms with Crippen molar-refractivity contribution in [1.82, 2.24) is 5.32 Å². The van der Waals surface area contributed by atoms with Crippen molar-refractivity contribution in [3.8, 4) is 23.0 Å². The van der Waals surface area contributed by atoms with E-state index in [1.165, 1.54) is 5.56 Å². The Labute approximate surface area is 142 Å². The molecule has 0 saturated carbocycles. The average molecular weight is 328 g/mol. The molecule has 2 aromatic rings. The Balaban J connectivity index is 2.09. The first kappa shape index (κ1) is 16.5. The highest BCUT2D eigenvalue weighted by molar-refractivity contribution is 5.54. The minimum Gasteiger partial charge on any atom is -0.496 e. The third kappa shape index (κ3) is 2.87. The molecule has 0 saturated heterocycles. The monoisotopic (exact) mass is 328 g/mol. The van der Waals surface area contributed by atoms with Crippen LogP contribution in [-0.4, -0.2) is 35.0 Å². The van der Waals surface area contributed by atoms with Gasteiger partial charge in [-0.3, -0.25) is 0 Å². The minimum atomic E-state index is 0.00524. The summed E-state index contributed by atoms with van der Waals surface area (Å²) in [6.07, 6.45) is 0.939. The van der Waals surface area contributed by atoms with E-state index < -0.39 is 0 Å². The van der Waals surface area contributed by atoms with Crippen LogP contribution in [0.5, 0.6) is 23.0 Å². The van der Waals surface area contributed by atoms with Crippen LogP contribution in [0, 0.1) is 6.07 Å². The van der Waals surface area contributed by atoms with Crippen LogP contribution in [-0.2, 0) is 6.42 Å². The molecule has 0 aliphatic carbocycles. The molecule has 5 heteroatoms. The van der Waals surface area contributed by atoms with Gasteiger partial charge in [-0.15, -0.1) is 0 Å². The first-order valence-electron chi connectivity index (χ1n) is 7.83. The Morgan fingerprint density at radius 3 is 2.25 bits per heavy atom. The zero-order valence-electron chi connectivity index (χ0n) is 14.4. The van der Waals surface area contributed by atoms with E-state index in [-0.39, 0.29) is 6.04 Å². The maximum Gasteiger partial charge on any atom is 0.161 e. The van der Waals surface area contributed by atoms with Gasteiger partial charge in [0.15, 0.2) is 11.5 Å². The van der Waals surface area contributed by atoms with Crippen molar-refractivity contribution in [3.05, 3.63) is 47.0 Å². The van der Waals surface area contributed by atoms with E-state index in [9.17, 15) is 0 Å². The van der Waals surface area contributed by atoms with Gasteiger partial charge in [0.2, 0.25) is 0 Å². The van der Waals surface area contributed by atoms with E-state index in [4.69, 9.17) is 18.9 Å². The number of hydrogen-bond donors (Lipinski definition) is 1. The quantitative estimate of drug-likeness (QED) is 0.914. The normalized spacial score (nSPS) is 16.2. The maximum absolute atomic E-state index is 5.56. The van der Waals surface area contributed by atoms with E-state index in [2.05, 4.69) is 17.4 Å². The van der Waals surface area contributed by atoms with Crippen molar-refractivity contribution < 1.29 is 18.9 Å². The third-order valence-corrected chi connectivity index (χ3v) is 4.37. The molecule has 3 rings (SSSR count). The molecule has 0 bridgehead atoms. The second-order valence-corrected chi connectivity index (χ2v) is 5.57. The Morgan fingerprint density at radius 2 is 1.58 bits per heavy atom. The van der Waals surface area contributed by atoms with Gasteiger partial charge < -0.3 is 24.3 Å². The lowest BCUT2D eigenvalue weighted by Gasteiger charge is -2.29. The van der Waals surface area contributed by atoms with Gasteiger partial charge in [0, 0.05) is 24.2 Å². The number of rotatable bonds is 5. The van der Waals surface area contributed by atoms with E-state index in [0.717, 1.165) is 41.3 Å². The second kappa shape index (κ2) is 7.01. The number of fused-ring (bicyclic) bond motifs is 1. The van der Waals surface area contributed by atoms with E-state index in [1.807, 2.05) is 18.2 Å². The number of methoxy groups -OCH3 is 4. The van der Waals surface area contributed by atoms with Crippen LogP contribution in [0.2, 0.25) is 0 Å². The molecular formula is C19H22NO4. The van der Waals surface area contributed by atoms with Crippen molar-refractivity contribution in [2.75, 3.05) is 35.0 Å². The fraction of sp³-hybridized carbons (Fsp3) is 0.368. The first-order chi connectivity index (χ1) is 11.7. The summed E-state index contributed by atoms with van der Waals surface area (Å²) in [4.78, 5) is 0. The van der Waals surface area contributed by atoms with E-state index >= 15 is 0 Å². The SMILES string of the molecule is COc1[c]cc(C2NCCc3cc(OC)c(OC)cc32)c(OC)c1. The molecule has 0 fully saturated rings. The molecule has 24 heavy (non-hydrogen) atoms. The van der Waals surface area contributed by atoms with Crippen molar-refractivity contribution in [3.63, 3.8) is 0 Å². The molecule has 5 nitrogen and oxygen atoms in total. The molecule has 0 amide bonds. The van der Waals surface area contributed by atoms with Crippen LogP contribution in [0.3, 0.4) is 0 Å². The zero-order valence-corrected chi connectivity index (χ0v) is 14.4. The molecule has 1 unspecified atom stereocenters. The van der Waals surface area contributed by atoms with Gasteiger partial charge in [-0.05, 0) is 35.7 Å². The van der Waals surface area contributed by atoms with Crippen LogP contribution in [0.15, 0.2) is 24.3 Å². The summed E-state index contributed by atoms with van der Waals surface area (Å²) in [5.74, 6) is 2.90. The maximum atomic E-state index is 5.56. The van der Waals surface area contributed by atoms with Gasteiger partial charge in [-0.25, -0.2) is 0 Å². The van der Waals surface area contributed by atoms with Gasteiger partial charge >= 0.3 is 0 Å². The fourth-order valence-corrected chi connectivity index (χ4v) is 3.14. The van der Waals surface area contributed by atoms with Crippen molar-refractivity contribution in [1.29, 1.82) is 0 Å². The zero-order chi connectivity index (χ0) is 17.1. The summed E-state index contributed by atoms with van der Waals surface area (Å²) in [6.45, 7) is 0.877. The molecule has 1 aliphatic rings. The highest BCUT2D eigenvalue weighted by Crippen LogP contribution is 2.40. The van der Waals surface area contributed by atoms with Gasteiger partial charge in [0.1, 0.15) is 11.5 Å². The topological polar surface area (TPSA) is 49.0 Å². The van der Waals surface area contributed by atoms with Crippen molar-refractivity contribution >= 4 is 0 Å². The first-order valence-corrected chi connectivity index (χ1v) is 7.83. The molecule has 127 valence electrons. The molecule has 1 heterocycles. The van der Waals surface area contributed by atoms with E-state index in [1.54, 1.807) is 28.4 Å². The van der Waals surface area contributed by atoms with Crippen LogP contribution < -0.4 is 24.3 Å². The lowest BCUT2D eigenvalue weighted by atomic mass is 9.89. The summed E-state index contributed by atoms with van der Waals surface area (Å²) >= 11 is 0. The number of nitrogens with one attached hydrogen (secondary N) is 1. The Morgan fingerprint density at radius 1 is 0.875 bits per heavy atom. The lowest BCUT2D eigenvalue weighted by Crippen LogP contribution is -2.31. The van der Waals surface area contributed by atoms with E-state index in [0.29, 0.717) is 5.75 Å². The predicted molar refractivity (Wildman–Crippen MR) is 91.5 cm³/mol. The molecule has 0 spiro atoms. The second-order valence-electron chi connectivity index (χ2n) is 5.57. The van der Waals surface area contributed by atoms with Crippen LogP contribution >= 0.6 is 0 Å². The minimum absolute atomic E-state index is 0.00524. The lowest BCUT2D eigenvalue weighted by molar-refractivity contribution is 0.352. The third-order valence-electron chi connectivity index (χ3n) is 4.37. The van der Waals surface area contributed by atoms with Crippen LogP contribution in [0.1, 0.15) is 22.7 Å². The summed E-state index contributed by atoms with van der Waals surface area (Å²) in [6, 6.07) is 11.0. The largest absolute Gasteiger partial charge is 0.496 e. The predicted octanol–water partition coefficient (Wildman–Crippen LogP) is 2.76. The standard InChI is InChI=1S/C19H22NO4/c1-21-13-5-6-14(16(10-13)22-2)19-15-11-18(24-4)17(23-3)9-12(15)7-8-20-19/h6,9-11,19-20H,7-8H2,1-4H3. The molecule has 2 aromatic carbocycles. The van der Waals surface area contributed by atoms with Crippen LogP contribution in [0.25, 0.3) is 0 Å². The number of ether oxygens (including phenoxy) is 4. The Kier molecular flexibility index (Phi) is 4.81. The molecule has 0 aromatic heterocycles. The van der Waals surface area contributed by atoms with Gasteiger partial charge in [0.25, 0.3) is 0 Å². The summed E-state index contributed by atoms with van der Waals surface area (Å²) in [7, 11) is 6.59. The fourth-order valence-electron chi connectivity index (χ4n) is 3.14. The van der Waals surface area contributed by atoms with Crippen molar-refractivity contribution in [2.24, 2.45) is 0 Å². The highest BCUT2D eigenvalue weighted by Gasteiger charge is 2.26. The summed E-state index contributed by atoms with van der Waals surface area (Å²) < 4.78 is 21.7. The Hall–Kier alpha value is -2.40. The smallest absolute Gasteiger partial charge is 0.161 e. The molecular weight excluding hydrogens is 306 g/mol. The molecule has 1 aliphatic heterocycles. The molecule has 1 radical (unpaired) electrons.